The predicted molar refractivity (Wildman–Crippen MR) is 102 cm³/mol. The average molecular weight is 442 g/mol. The van der Waals surface area contributed by atoms with E-state index >= 15 is 0 Å². The molecule has 0 aliphatic heterocycles. The number of halogens is 1. The van der Waals surface area contributed by atoms with Gasteiger partial charge in [-0.05, 0) is 34.1 Å². The van der Waals surface area contributed by atoms with Crippen molar-refractivity contribution < 1.29 is 19.1 Å². The maximum absolute atomic E-state index is 12.3. The van der Waals surface area contributed by atoms with Gasteiger partial charge in [-0.1, -0.05) is 6.07 Å². The zero-order valence-electron chi connectivity index (χ0n) is 14.5. The number of hydrogen-bond donors (Lipinski definition) is 1. The minimum Gasteiger partial charge on any atom is -0.475 e. The summed E-state index contributed by atoms with van der Waals surface area (Å²) in [6, 6.07) is 7.13. The summed E-state index contributed by atoms with van der Waals surface area (Å²) >= 11 is 4.65. The van der Waals surface area contributed by atoms with E-state index in [9.17, 15) is 9.59 Å². The SMILES string of the molecule is COCCOc1ncccc1CNC(=O)CN(C)C(=O)c1ccc(Br)s1. The molecule has 0 aliphatic carbocycles. The molecule has 0 aromatic carbocycles. The number of thiophene rings is 1. The number of amides is 2. The van der Waals surface area contributed by atoms with Gasteiger partial charge in [0.25, 0.3) is 5.91 Å². The van der Waals surface area contributed by atoms with Crippen LogP contribution in [0.4, 0.5) is 0 Å². The summed E-state index contributed by atoms with van der Waals surface area (Å²) in [5, 5.41) is 2.78. The number of nitrogens with zero attached hydrogens (tertiary/aromatic N) is 2. The number of carbonyl (C=O) groups excluding carboxylic acids is 2. The molecule has 0 saturated carbocycles. The molecule has 2 aromatic rings. The van der Waals surface area contributed by atoms with Gasteiger partial charge in [0.05, 0.1) is 21.8 Å². The van der Waals surface area contributed by atoms with Crippen molar-refractivity contribution >= 4 is 39.1 Å². The van der Waals surface area contributed by atoms with Gasteiger partial charge in [0.2, 0.25) is 11.8 Å². The van der Waals surface area contributed by atoms with E-state index in [0.29, 0.717) is 24.0 Å². The molecule has 0 bridgehead atoms. The Morgan fingerprint density at radius 2 is 2.12 bits per heavy atom. The van der Waals surface area contributed by atoms with E-state index in [4.69, 9.17) is 9.47 Å². The molecular weight excluding hydrogens is 422 g/mol. The first kappa shape index (κ1) is 20.3. The van der Waals surface area contributed by atoms with E-state index in [1.807, 2.05) is 6.07 Å². The maximum Gasteiger partial charge on any atom is 0.264 e. The van der Waals surface area contributed by atoms with Gasteiger partial charge in [-0.3, -0.25) is 9.59 Å². The summed E-state index contributed by atoms with van der Waals surface area (Å²) in [6.07, 6.45) is 1.62. The zero-order chi connectivity index (χ0) is 18.9. The van der Waals surface area contributed by atoms with Gasteiger partial charge in [0, 0.05) is 32.5 Å². The van der Waals surface area contributed by atoms with Crippen molar-refractivity contribution in [1.82, 2.24) is 15.2 Å². The Balaban J connectivity index is 1.85. The van der Waals surface area contributed by atoms with Gasteiger partial charge < -0.3 is 19.7 Å². The highest BCUT2D eigenvalue weighted by Crippen LogP contribution is 2.23. The van der Waals surface area contributed by atoms with Crippen LogP contribution in [0.1, 0.15) is 15.2 Å². The van der Waals surface area contributed by atoms with Crippen LogP contribution in [-0.4, -0.2) is 55.6 Å². The minimum atomic E-state index is -0.261. The molecule has 0 fully saturated rings. The normalized spacial score (nSPS) is 10.4. The first-order valence-electron chi connectivity index (χ1n) is 7.84. The van der Waals surface area contributed by atoms with E-state index in [1.54, 1.807) is 38.6 Å². The Labute approximate surface area is 164 Å². The number of hydrogen-bond acceptors (Lipinski definition) is 6. The molecule has 0 radical (unpaired) electrons. The first-order chi connectivity index (χ1) is 12.5. The fraction of sp³-hybridized carbons (Fsp3) is 0.353. The number of likely N-dealkylation sites (N-methyl/N-ethyl adjacent to an activating group) is 1. The van der Waals surface area contributed by atoms with Gasteiger partial charge in [0.1, 0.15) is 6.61 Å². The number of aromatic nitrogens is 1. The summed E-state index contributed by atoms with van der Waals surface area (Å²) in [7, 11) is 3.19. The molecule has 2 aromatic heterocycles. The molecule has 7 nitrogen and oxygen atoms in total. The van der Waals surface area contributed by atoms with Gasteiger partial charge in [-0.2, -0.15) is 0 Å². The fourth-order valence-corrected chi connectivity index (χ4v) is 3.45. The molecule has 0 spiro atoms. The molecule has 1 N–H and O–H groups in total. The lowest BCUT2D eigenvalue weighted by Crippen LogP contribution is -2.37. The number of carbonyl (C=O) groups is 2. The van der Waals surface area contributed by atoms with Crippen LogP contribution >= 0.6 is 27.3 Å². The van der Waals surface area contributed by atoms with Crippen molar-refractivity contribution in [2.75, 3.05) is 33.9 Å². The van der Waals surface area contributed by atoms with E-state index in [-0.39, 0.29) is 24.9 Å². The molecule has 0 unspecified atom stereocenters. The molecule has 2 amide bonds. The molecule has 140 valence electrons. The molecule has 9 heteroatoms. The van der Waals surface area contributed by atoms with Crippen molar-refractivity contribution in [1.29, 1.82) is 0 Å². The number of rotatable bonds is 9. The van der Waals surface area contributed by atoms with E-state index in [1.165, 1.54) is 16.2 Å². The van der Waals surface area contributed by atoms with Crippen molar-refractivity contribution in [3.8, 4) is 5.88 Å². The standard InChI is InChI=1S/C17H20BrN3O4S/c1-21(17(23)13-5-6-14(18)26-13)11-15(22)20-10-12-4-3-7-19-16(12)25-9-8-24-2/h3-7H,8-11H2,1-2H3,(H,20,22). The summed E-state index contributed by atoms with van der Waals surface area (Å²) in [5.74, 6) is 0.00157. The largest absolute Gasteiger partial charge is 0.475 e. The van der Waals surface area contributed by atoms with Crippen LogP contribution in [0.15, 0.2) is 34.2 Å². The molecule has 0 aliphatic rings. The van der Waals surface area contributed by atoms with Crippen LogP contribution in [0.5, 0.6) is 5.88 Å². The predicted octanol–water partition coefficient (Wildman–Crippen LogP) is 2.32. The van der Waals surface area contributed by atoms with Gasteiger partial charge in [-0.15, -0.1) is 11.3 Å². The second-order valence-corrected chi connectivity index (χ2v) is 7.81. The highest BCUT2D eigenvalue weighted by atomic mass is 79.9. The zero-order valence-corrected chi connectivity index (χ0v) is 16.9. The van der Waals surface area contributed by atoms with Crippen LogP contribution < -0.4 is 10.1 Å². The fourth-order valence-electron chi connectivity index (χ4n) is 2.06. The molecule has 2 rings (SSSR count). The summed E-state index contributed by atoms with van der Waals surface area (Å²) in [4.78, 5) is 30.5. The van der Waals surface area contributed by atoms with Crippen LogP contribution in [0.2, 0.25) is 0 Å². The molecular formula is C17H20BrN3O4S. The second kappa shape index (κ2) is 10.2. The maximum atomic E-state index is 12.3. The Morgan fingerprint density at radius 1 is 1.31 bits per heavy atom. The number of methoxy groups -OCH3 is 1. The monoisotopic (exact) mass is 441 g/mol. The van der Waals surface area contributed by atoms with Crippen LogP contribution in [0.25, 0.3) is 0 Å². The van der Waals surface area contributed by atoms with Crippen molar-refractivity contribution in [3.63, 3.8) is 0 Å². The van der Waals surface area contributed by atoms with Gasteiger partial charge in [0.15, 0.2) is 0 Å². The van der Waals surface area contributed by atoms with Crippen LogP contribution in [0.3, 0.4) is 0 Å². The third-order valence-electron chi connectivity index (χ3n) is 3.36. The highest BCUT2D eigenvalue weighted by molar-refractivity contribution is 9.11. The number of nitrogens with one attached hydrogen (secondary N) is 1. The Kier molecular flexibility index (Phi) is 8.02. The lowest BCUT2D eigenvalue weighted by Gasteiger charge is -2.16. The quantitative estimate of drug-likeness (QED) is 0.603. The molecule has 0 atom stereocenters. The summed E-state index contributed by atoms with van der Waals surface area (Å²) in [6.45, 7) is 1.06. The third kappa shape index (κ3) is 6.08. The van der Waals surface area contributed by atoms with Crippen LogP contribution in [0, 0.1) is 0 Å². The summed E-state index contributed by atoms with van der Waals surface area (Å²) < 4.78 is 11.3. The third-order valence-corrected chi connectivity index (χ3v) is 4.98. The average Bonchev–Trinajstić information content (AvgIpc) is 3.06. The molecule has 2 heterocycles. The first-order valence-corrected chi connectivity index (χ1v) is 9.45. The van der Waals surface area contributed by atoms with Crippen molar-refractivity contribution in [2.45, 2.75) is 6.54 Å². The van der Waals surface area contributed by atoms with E-state index in [2.05, 4.69) is 26.2 Å². The lowest BCUT2D eigenvalue weighted by molar-refractivity contribution is -0.121. The van der Waals surface area contributed by atoms with Crippen molar-refractivity contribution in [3.05, 3.63) is 44.7 Å². The second-order valence-electron chi connectivity index (χ2n) is 5.35. The Morgan fingerprint density at radius 3 is 2.81 bits per heavy atom. The smallest absolute Gasteiger partial charge is 0.264 e. The lowest BCUT2D eigenvalue weighted by atomic mass is 10.2. The van der Waals surface area contributed by atoms with Gasteiger partial charge in [-0.25, -0.2) is 4.98 Å². The van der Waals surface area contributed by atoms with Crippen molar-refractivity contribution in [2.24, 2.45) is 0 Å². The van der Waals surface area contributed by atoms with Gasteiger partial charge >= 0.3 is 0 Å². The molecule has 26 heavy (non-hydrogen) atoms. The summed E-state index contributed by atoms with van der Waals surface area (Å²) in [5.41, 5.74) is 0.758. The molecule has 0 saturated heterocycles. The Hall–Kier alpha value is -1.97. The minimum absolute atomic E-state index is 0.0333. The van der Waals surface area contributed by atoms with Crippen LogP contribution in [-0.2, 0) is 16.1 Å². The van der Waals surface area contributed by atoms with E-state index < -0.39 is 0 Å². The highest BCUT2D eigenvalue weighted by Gasteiger charge is 2.17. The topological polar surface area (TPSA) is 80.8 Å². The Bertz CT molecular complexity index is 753. The number of pyridine rings is 1. The number of ether oxygens (including phenoxy) is 2. The van der Waals surface area contributed by atoms with E-state index in [0.717, 1.165) is 9.35 Å².